The minimum absolute atomic E-state index is 0.209. The normalized spacial score (nSPS) is 16.0. The average molecular weight is 365 g/mol. The lowest BCUT2D eigenvalue weighted by Crippen LogP contribution is -2.14. The molecule has 1 aromatic heterocycles. The van der Waals surface area contributed by atoms with Crippen molar-refractivity contribution in [3.8, 4) is 17.2 Å². The van der Waals surface area contributed by atoms with E-state index in [0.29, 0.717) is 17.2 Å². The van der Waals surface area contributed by atoms with Crippen molar-refractivity contribution in [2.75, 3.05) is 0 Å². The van der Waals surface area contributed by atoms with Crippen LogP contribution in [0, 0.1) is 24.1 Å². The number of nitrogens with zero attached hydrogens (tertiary/aromatic N) is 2. The molecule has 2 aromatic rings. The molecule has 1 heterocycles. The summed E-state index contributed by atoms with van der Waals surface area (Å²) in [7, 11) is 0. The summed E-state index contributed by atoms with van der Waals surface area (Å²) in [4.78, 5) is 4.59. The van der Waals surface area contributed by atoms with Crippen LogP contribution in [0.2, 0.25) is 0 Å². The van der Waals surface area contributed by atoms with Crippen molar-refractivity contribution in [2.45, 2.75) is 77.6 Å². The van der Waals surface area contributed by atoms with Gasteiger partial charge in [0.1, 0.15) is 17.6 Å². The molecule has 0 aliphatic heterocycles. The molecular formula is C24H29FN2. The number of rotatable bonds is 7. The van der Waals surface area contributed by atoms with E-state index in [1.807, 2.05) is 19.1 Å². The number of benzene rings is 1. The van der Waals surface area contributed by atoms with Crippen LogP contribution < -0.4 is 0 Å². The number of aromatic nitrogens is 1. The van der Waals surface area contributed by atoms with E-state index in [2.05, 4.69) is 18.0 Å². The first-order valence-electron chi connectivity index (χ1n) is 10.3. The minimum Gasteiger partial charge on any atom is -0.242 e. The zero-order valence-corrected chi connectivity index (χ0v) is 16.5. The highest BCUT2D eigenvalue weighted by molar-refractivity contribution is 5.71. The Morgan fingerprint density at radius 2 is 1.96 bits per heavy atom. The van der Waals surface area contributed by atoms with Gasteiger partial charge in [-0.25, -0.2) is 9.37 Å². The minimum atomic E-state index is -0.209. The highest BCUT2D eigenvalue weighted by Crippen LogP contribution is 2.41. The predicted molar refractivity (Wildman–Crippen MR) is 108 cm³/mol. The van der Waals surface area contributed by atoms with Crippen LogP contribution in [0.1, 0.15) is 86.7 Å². The zero-order valence-electron chi connectivity index (χ0n) is 16.5. The highest BCUT2D eigenvalue weighted by atomic mass is 19.1. The van der Waals surface area contributed by atoms with E-state index in [9.17, 15) is 9.65 Å². The largest absolute Gasteiger partial charge is 0.242 e. The number of unbranched alkanes of at least 4 members (excludes halogenated alkanes) is 4. The molecule has 0 amide bonds. The molecule has 1 aliphatic carbocycles. The summed E-state index contributed by atoms with van der Waals surface area (Å²) >= 11 is 0. The van der Waals surface area contributed by atoms with Crippen LogP contribution in [-0.4, -0.2) is 4.98 Å². The van der Waals surface area contributed by atoms with E-state index in [0.717, 1.165) is 42.5 Å². The Labute approximate surface area is 162 Å². The molecule has 0 radical (unpaired) electrons. The van der Waals surface area contributed by atoms with Gasteiger partial charge in [-0.05, 0) is 67.3 Å². The lowest BCUT2D eigenvalue weighted by Gasteiger charge is -2.28. The first kappa shape index (κ1) is 19.5. The van der Waals surface area contributed by atoms with Crippen LogP contribution >= 0.6 is 0 Å². The Bertz CT molecular complexity index is 835. The van der Waals surface area contributed by atoms with Crippen LogP contribution in [0.15, 0.2) is 24.3 Å². The zero-order chi connectivity index (χ0) is 19.2. The molecule has 142 valence electrons. The fraction of sp³-hybridized carbons (Fsp3) is 0.500. The van der Waals surface area contributed by atoms with Gasteiger partial charge in [-0.1, -0.05) is 51.2 Å². The van der Waals surface area contributed by atoms with Gasteiger partial charge in [-0.2, -0.15) is 5.26 Å². The second-order valence-corrected chi connectivity index (χ2v) is 7.80. The van der Waals surface area contributed by atoms with Crippen LogP contribution in [0.4, 0.5) is 4.39 Å². The second kappa shape index (κ2) is 9.13. The maximum atomic E-state index is 14.8. The highest BCUT2D eigenvalue weighted by Gasteiger charge is 2.26. The molecule has 3 rings (SSSR count). The van der Waals surface area contributed by atoms with Crippen molar-refractivity contribution in [1.82, 2.24) is 4.98 Å². The third-order valence-electron chi connectivity index (χ3n) is 5.70. The number of pyridine rings is 1. The van der Waals surface area contributed by atoms with E-state index in [1.165, 1.54) is 37.7 Å². The molecule has 0 spiro atoms. The Balaban J connectivity index is 1.97. The molecule has 27 heavy (non-hydrogen) atoms. The third kappa shape index (κ3) is 4.56. The van der Waals surface area contributed by atoms with E-state index in [-0.39, 0.29) is 5.82 Å². The van der Waals surface area contributed by atoms with Gasteiger partial charge in [0.2, 0.25) is 0 Å². The van der Waals surface area contributed by atoms with Crippen molar-refractivity contribution in [3.63, 3.8) is 0 Å². The fourth-order valence-electron chi connectivity index (χ4n) is 4.32. The van der Waals surface area contributed by atoms with Crippen molar-refractivity contribution >= 4 is 0 Å². The number of aryl methyl sites for hydroxylation is 2. The second-order valence-electron chi connectivity index (χ2n) is 7.80. The molecule has 1 unspecified atom stereocenters. The number of nitriles is 1. The summed E-state index contributed by atoms with van der Waals surface area (Å²) in [5.41, 5.74) is 4.99. The van der Waals surface area contributed by atoms with Gasteiger partial charge in [0.25, 0.3) is 0 Å². The van der Waals surface area contributed by atoms with Gasteiger partial charge >= 0.3 is 0 Å². The van der Waals surface area contributed by atoms with Gasteiger partial charge in [0.15, 0.2) is 0 Å². The van der Waals surface area contributed by atoms with Crippen LogP contribution in [0.3, 0.4) is 0 Å². The number of fused-ring (bicyclic) bond motifs is 1. The lowest BCUT2D eigenvalue weighted by atomic mass is 9.78. The summed E-state index contributed by atoms with van der Waals surface area (Å²) in [5, 5.41) is 9.41. The lowest BCUT2D eigenvalue weighted by molar-refractivity contribution is 0.481. The van der Waals surface area contributed by atoms with Crippen molar-refractivity contribution < 1.29 is 4.39 Å². The molecule has 1 atom stereocenters. The first-order chi connectivity index (χ1) is 13.1. The molecule has 3 heteroatoms. The van der Waals surface area contributed by atoms with Gasteiger partial charge in [0, 0.05) is 11.3 Å². The fourth-order valence-corrected chi connectivity index (χ4v) is 4.32. The van der Waals surface area contributed by atoms with Crippen molar-refractivity contribution in [3.05, 3.63) is 52.6 Å². The molecule has 0 N–H and O–H groups in total. The van der Waals surface area contributed by atoms with Gasteiger partial charge in [-0.3, -0.25) is 0 Å². The summed E-state index contributed by atoms with van der Waals surface area (Å²) < 4.78 is 14.8. The van der Waals surface area contributed by atoms with E-state index >= 15 is 0 Å². The first-order valence-corrected chi connectivity index (χ1v) is 10.3. The van der Waals surface area contributed by atoms with Crippen LogP contribution in [0.25, 0.3) is 11.1 Å². The molecule has 2 nitrogen and oxygen atoms in total. The van der Waals surface area contributed by atoms with Crippen molar-refractivity contribution in [2.24, 2.45) is 0 Å². The van der Waals surface area contributed by atoms with E-state index in [4.69, 9.17) is 0 Å². The predicted octanol–water partition coefficient (Wildman–Crippen LogP) is 6.85. The maximum absolute atomic E-state index is 14.8. The Morgan fingerprint density at radius 3 is 2.70 bits per heavy atom. The average Bonchev–Trinajstić information content (AvgIpc) is 2.67. The SMILES string of the molecule is CCCCCCCC1CCCc2nc(C#N)cc(-c3ccc(C)cc3F)c21. The monoisotopic (exact) mass is 364 g/mol. The Hall–Kier alpha value is -2.21. The topological polar surface area (TPSA) is 36.7 Å². The number of hydrogen-bond donors (Lipinski definition) is 0. The van der Waals surface area contributed by atoms with E-state index in [1.54, 1.807) is 12.1 Å². The van der Waals surface area contributed by atoms with Crippen LogP contribution in [-0.2, 0) is 6.42 Å². The third-order valence-corrected chi connectivity index (χ3v) is 5.70. The summed E-state index contributed by atoms with van der Waals surface area (Å²) in [6, 6.07) is 9.34. The van der Waals surface area contributed by atoms with E-state index < -0.39 is 0 Å². The molecular weight excluding hydrogens is 335 g/mol. The molecule has 0 fully saturated rings. The maximum Gasteiger partial charge on any atom is 0.141 e. The van der Waals surface area contributed by atoms with Gasteiger partial charge in [0.05, 0.1) is 0 Å². The van der Waals surface area contributed by atoms with Gasteiger partial charge < -0.3 is 0 Å². The Morgan fingerprint density at radius 1 is 1.15 bits per heavy atom. The Kier molecular flexibility index (Phi) is 6.61. The molecule has 0 saturated carbocycles. The standard InChI is InChI=1S/C24H29FN2/c1-3-4-5-6-7-9-18-10-8-11-23-24(18)21(15-19(16-26)27-23)20-13-12-17(2)14-22(20)25/h12-15,18H,3-11H2,1-2H3. The summed E-state index contributed by atoms with van der Waals surface area (Å²) in [5.74, 6) is 0.214. The van der Waals surface area contributed by atoms with Gasteiger partial charge in [-0.15, -0.1) is 0 Å². The molecule has 0 bridgehead atoms. The molecule has 0 saturated heterocycles. The number of hydrogen-bond acceptors (Lipinski definition) is 2. The van der Waals surface area contributed by atoms with Crippen LogP contribution in [0.5, 0.6) is 0 Å². The van der Waals surface area contributed by atoms with Crippen molar-refractivity contribution in [1.29, 1.82) is 5.26 Å². The molecule has 1 aromatic carbocycles. The summed E-state index contributed by atoms with van der Waals surface area (Å²) in [6.07, 6.45) is 10.6. The summed E-state index contributed by atoms with van der Waals surface area (Å²) in [6.45, 7) is 4.13. The number of halogens is 1. The quantitative estimate of drug-likeness (QED) is 0.504. The smallest absolute Gasteiger partial charge is 0.141 e. The molecule has 1 aliphatic rings.